The zero-order valence-electron chi connectivity index (χ0n) is 9.97. The van der Waals surface area contributed by atoms with Crippen molar-refractivity contribution in [2.24, 2.45) is 0 Å². The Labute approximate surface area is 99.9 Å². The monoisotopic (exact) mass is 236 g/mol. The first-order valence-electron chi connectivity index (χ1n) is 5.64. The van der Waals surface area contributed by atoms with E-state index >= 15 is 0 Å². The van der Waals surface area contributed by atoms with Gasteiger partial charge in [0.15, 0.2) is 0 Å². The Morgan fingerprint density at radius 1 is 1.47 bits per heavy atom. The van der Waals surface area contributed by atoms with Crippen molar-refractivity contribution in [1.29, 1.82) is 0 Å². The molecule has 1 aromatic rings. The van der Waals surface area contributed by atoms with Gasteiger partial charge in [0.1, 0.15) is 5.69 Å². The molecule has 17 heavy (non-hydrogen) atoms. The molecule has 1 aliphatic carbocycles. The molecule has 0 aliphatic heterocycles. The number of nitrogens with one attached hydrogen (secondary N) is 1. The Kier molecular flexibility index (Phi) is 3.28. The van der Waals surface area contributed by atoms with Crippen molar-refractivity contribution in [1.82, 2.24) is 0 Å². The van der Waals surface area contributed by atoms with E-state index in [4.69, 9.17) is 4.74 Å². The van der Waals surface area contributed by atoms with Gasteiger partial charge in [-0.15, -0.1) is 0 Å². The molecule has 1 aromatic carbocycles. The summed E-state index contributed by atoms with van der Waals surface area (Å²) in [6.45, 7) is 1.85. The minimum Gasteiger partial charge on any atom is -0.381 e. The second-order valence-electron chi connectivity index (χ2n) is 4.45. The van der Waals surface area contributed by atoms with E-state index in [1.165, 1.54) is 0 Å². The van der Waals surface area contributed by atoms with Crippen molar-refractivity contribution in [3.63, 3.8) is 0 Å². The highest BCUT2D eigenvalue weighted by molar-refractivity contribution is 5.63. The molecular formula is C12H16N2O3. The highest BCUT2D eigenvalue weighted by Crippen LogP contribution is 2.31. The van der Waals surface area contributed by atoms with Gasteiger partial charge in [-0.05, 0) is 31.4 Å². The molecular weight excluding hydrogens is 220 g/mol. The summed E-state index contributed by atoms with van der Waals surface area (Å²) >= 11 is 0. The summed E-state index contributed by atoms with van der Waals surface area (Å²) in [6, 6.07) is 5.52. The minimum absolute atomic E-state index is 0.144. The maximum absolute atomic E-state index is 10.9. The van der Waals surface area contributed by atoms with Crippen LogP contribution in [0, 0.1) is 17.0 Å². The lowest BCUT2D eigenvalue weighted by Crippen LogP contribution is -2.40. The van der Waals surface area contributed by atoms with Gasteiger partial charge in [-0.2, -0.15) is 0 Å². The smallest absolute Gasteiger partial charge is 0.292 e. The highest BCUT2D eigenvalue weighted by atomic mass is 16.6. The summed E-state index contributed by atoms with van der Waals surface area (Å²) in [6.07, 6.45) is 2.10. The third kappa shape index (κ3) is 2.55. The van der Waals surface area contributed by atoms with Crippen LogP contribution in [0.4, 0.5) is 11.4 Å². The van der Waals surface area contributed by atoms with Crippen LogP contribution in [0.5, 0.6) is 0 Å². The second kappa shape index (κ2) is 4.71. The number of nitro benzene ring substituents is 1. The van der Waals surface area contributed by atoms with Crippen LogP contribution in [0.3, 0.4) is 0 Å². The molecule has 0 unspecified atom stereocenters. The molecule has 0 atom stereocenters. The van der Waals surface area contributed by atoms with Gasteiger partial charge >= 0.3 is 0 Å². The zero-order valence-corrected chi connectivity index (χ0v) is 9.97. The van der Waals surface area contributed by atoms with Crippen molar-refractivity contribution in [2.75, 3.05) is 12.4 Å². The van der Waals surface area contributed by atoms with Crippen molar-refractivity contribution >= 4 is 11.4 Å². The van der Waals surface area contributed by atoms with E-state index in [0.29, 0.717) is 5.69 Å². The molecule has 2 rings (SSSR count). The zero-order chi connectivity index (χ0) is 12.4. The molecule has 0 radical (unpaired) electrons. The van der Waals surface area contributed by atoms with Crippen molar-refractivity contribution in [3.8, 4) is 0 Å². The lowest BCUT2D eigenvalue weighted by Gasteiger charge is -2.35. The van der Waals surface area contributed by atoms with E-state index in [-0.39, 0.29) is 22.8 Å². The minimum atomic E-state index is -0.345. The van der Waals surface area contributed by atoms with Crippen molar-refractivity contribution in [3.05, 3.63) is 33.9 Å². The van der Waals surface area contributed by atoms with E-state index in [2.05, 4.69) is 5.32 Å². The fraction of sp³-hybridized carbons (Fsp3) is 0.500. The number of anilines is 1. The van der Waals surface area contributed by atoms with Gasteiger partial charge in [0, 0.05) is 19.2 Å². The molecule has 5 nitrogen and oxygen atoms in total. The molecule has 1 fully saturated rings. The lowest BCUT2D eigenvalue weighted by atomic mass is 9.89. The average molecular weight is 236 g/mol. The first kappa shape index (κ1) is 11.9. The number of aryl methyl sites for hydroxylation is 1. The summed E-state index contributed by atoms with van der Waals surface area (Å²) in [5, 5.41) is 14.1. The molecule has 1 N–H and O–H groups in total. The van der Waals surface area contributed by atoms with E-state index < -0.39 is 0 Å². The molecule has 1 saturated carbocycles. The highest BCUT2D eigenvalue weighted by Gasteiger charge is 2.30. The number of hydrogen-bond acceptors (Lipinski definition) is 4. The van der Waals surface area contributed by atoms with Gasteiger partial charge in [0.25, 0.3) is 5.69 Å². The number of methoxy groups -OCH3 is 1. The number of hydrogen-bond donors (Lipinski definition) is 1. The van der Waals surface area contributed by atoms with Crippen LogP contribution in [-0.2, 0) is 4.74 Å². The Morgan fingerprint density at radius 3 is 2.76 bits per heavy atom. The van der Waals surface area contributed by atoms with Crippen LogP contribution >= 0.6 is 0 Å². The normalized spacial score (nSPS) is 22.9. The van der Waals surface area contributed by atoms with Gasteiger partial charge in [-0.3, -0.25) is 10.1 Å². The first-order chi connectivity index (χ1) is 8.10. The fourth-order valence-electron chi connectivity index (χ4n) is 2.01. The number of nitro groups is 1. The number of benzene rings is 1. The Bertz CT molecular complexity index is 428. The predicted octanol–water partition coefficient (Wildman–Crippen LogP) is 2.49. The van der Waals surface area contributed by atoms with Crippen LogP contribution in [-0.4, -0.2) is 24.2 Å². The van der Waals surface area contributed by atoms with Crippen LogP contribution in [0.15, 0.2) is 18.2 Å². The topological polar surface area (TPSA) is 64.4 Å². The molecule has 1 aliphatic rings. The second-order valence-corrected chi connectivity index (χ2v) is 4.45. The van der Waals surface area contributed by atoms with Crippen LogP contribution in [0.1, 0.15) is 18.4 Å². The molecule has 0 amide bonds. The van der Waals surface area contributed by atoms with Crippen LogP contribution < -0.4 is 5.32 Å². The maximum Gasteiger partial charge on any atom is 0.292 e. The molecule has 0 aromatic heterocycles. The lowest BCUT2D eigenvalue weighted by molar-refractivity contribution is -0.384. The molecule has 0 spiro atoms. The third-order valence-corrected chi connectivity index (χ3v) is 3.14. The summed E-state index contributed by atoms with van der Waals surface area (Å²) < 4.78 is 5.18. The molecule has 5 heteroatoms. The molecule has 0 heterocycles. The van der Waals surface area contributed by atoms with Crippen LogP contribution in [0.25, 0.3) is 0 Å². The quantitative estimate of drug-likeness (QED) is 0.644. The maximum atomic E-state index is 10.9. The van der Waals surface area contributed by atoms with E-state index in [1.54, 1.807) is 19.2 Å². The third-order valence-electron chi connectivity index (χ3n) is 3.14. The average Bonchev–Trinajstić information content (AvgIpc) is 2.24. The summed E-state index contributed by atoms with van der Waals surface area (Å²) in [4.78, 5) is 10.6. The van der Waals surface area contributed by atoms with Gasteiger partial charge in [-0.1, -0.05) is 6.07 Å². The summed E-state index contributed by atoms with van der Waals surface area (Å²) in [7, 11) is 1.69. The van der Waals surface area contributed by atoms with Crippen molar-refractivity contribution < 1.29 is 9.66 Å². The van der Waals surface area contributed by atoms with Crippen molar-refractivity contribution in [2.45, 2.75) is 31.9 Å². The van der Waals surface area contributed by atoms with Gasteiger partial charge in [0.05, 0.1) is 11.0 Å². The predicted molar refractivity (Wildman–Crippen MR) is 65.3 cm³/mol. The summed E-state index contributed by atoms with van der Waals surface area (Å²) in [5.41, 5.74) is 1.64. The Balaban J connectivity index is 2.08. The molecule has 0 bridgehead atoms. The van der Waals surface area contributed by atoms with Crippen LogP contribution in [0.2, 0.25) is 0 Å². The first-order valence-corrected chi connectivity index (χ1v) is 5.64. The van der Waals surface area contributed by atoms with E-state index in [1.807, 2.05) is 13.0 Å². The number of ether oxygens (including phenoxy) is 1. The molecule has 92 valence electrons. The van der Waals surface area contributed by atoms with E-state index in [9.17, 15) is 10.1 Å². The Morgan fingerprint density at radius 2 is 2.18 bits per heavy atom. The van der Waals surface area contributed by atoms with Gasteiger partial charge in [0.2, 0.25) is 0 Å². The Hall–Kier alpha value is -1.62. The molecule has 0 saturated heterocycles. The largest absolute Gasteiger partial charge is 0.381 e. The standard InChI is InChI=1S/C12H16N2O3/c1-8-3-4-11(12(5-8)14(15)16)13-9-6-10(7-9)17-2/h3-5,9-10,13H,6-7H2,1-2H3. The van der Waals surface area contributed by atoms with Gasteiger partial charge in [-0.25, -0.2) is 0 Å². The number of nitrogens with zero attached hydrogens (tertiary/aromatic N) is 1. The number of rotatable bonds is 4. The van der Waals surface area contributed by atoms with Gasteiger partial charge < -0.3 is 10.1 Å². The SMILES string of the molecule is COC1CC(Nc2ccc(C)cc2[N+](=O)[O-])C1. The summed E-state index contributed by atoms with van der Waals surface area (Å²) in [5.74, 6) is 0. The fourth-order valence-corrected chi connectivity index (χ4v) is 2.01. The van der Waals surface area contributed by atoms with E-state index in [0.717, 1.165) is 18.4 Å².